The smallest absolute Gasteiger partial charge is 0.244 e. The lowest BCUT2D eigenvalue weighted by atomic mass is 10.2. The monoisotopic (exact) mass is 238 g/mol. The van der Waals surface area contributed by atoms with Crippen LogP contribution in [0.25, 0.3) is 11.2 Å². The first-order valence-electron chi connectivity index (χ1n) is 5.39. The van der Waals surface area contributed by atoms with Crippen LogP contribution in [0, 0.1) is 5.95 Å². The van der Waals surface area contributed by atoms with Crippen LogP contribution in [0.15, 0.2) is 12.7 Å². The summed E-state index contributed by atoms with van der Waals surface area (Å²) in [5, 5.41) is 9.00. The largest absolute Gasteiger partial charge is 0.394 e. The van der Waals surface area contributed by atoms with Gasteiger partial charge in [0.15, 0.2) is 11.2 Å². The zero-order valence-electron chi connectivity index (χ0n) is 8.95. The van der Waals surface area contributed by atoms with Crippen molar-refractivity contribution in [3.05, 3.63) is 18.6 Å². The van der Waals surface area contributed by atoms with Crippen LogP contribution in [0.5, 0.6) is 0 Å². The Morgan fingerprint density at radius 3 is 3.06 bits per heavy atom. The minimum atomic E-state index is -0.634. The van der Waals surface area contributed by atoms with E-state index in [2.05, 4.69) is 15.0 Å². The minimum absolute atomic E-state index is 0.00747. The molecule has 2 atom stereocenters. The lowest BCUT2D eigenvalue weighted by Crippen LogP contribution is -2.14. The van der Waals surface area contributed by atoms with E-state index in [1.807, 2.05) is 0 Å². The number of imidazole rings is 1. The van der Waals surface area contributed by atoms with E-state index in [-0.39, 0.29) is 24.5 Å². The van der Waals surface area contributed by atoms with Gasteiger partial charge in [-0.05, 0) is 12.8 Å². The van der Waals surface area contributed by atoms with Crippen molar-refractivity contribution in [2.24, 2.45) is 0 Å². The maximum absolute atomic E-state index is 13.3. The summed E-state index contributed by atoms with van der Waals surface area (Å²) >= 11 is 0. The van der Waals surface area contributed by atoms with E-state index in [4.69, 9.17) is 9.84 Å². The third-order valence-corrected chi connectivity index (χ3v) is 2.91. The van der Waals surface area contributed by atoms with Gasteiger partial charge in [-0.1, -0.05) is 0 Å². The Morgan fingerprint density at radius 1 is 1.41 bits per heavy atom. The molecular weight excluding hydrogens is 227 g/mol. The molecule has 3 heterocycles. The number of hydrogen-bond acceptors (Lipinski definition) is 5. The Bertz CT molecular complexity index is 544. The summed E-state index contributed by atoms with van der Waals surface area (Å²) in [5.74, 6) is -0.634. The first-order valence-corrected chi connectivity index (χ1v) is 5.39. The van der Waals surface area contributed by atoms with Gasteiger partial charge in [-0.3, -0.25) is 4.57 Å². The van der Waals surface area contributed by atoms with Gasteiger partial charge >= 0.3 is 0 Å². The first-order chi connectivity index (χ1) is 8.29. The zero-order chi connectivity index (χ0) is 11.8. The molecule has 17 heavy (non-hydrogen) atoms. The predicted octanol–water partition coefficient (Wildman–Crippen LogP) is 0.635. The lowest BCUT2D eigenvalue weighted by molar-refractivity contribution is -0.0207. The molecule has 1 saturated heterocycles. The molecule has 3 rings (SSSR count). The zero-order valence-corrected chi connectivity index (χ0v) is 8.95. The maximum Gasteiger partial charge on any atom is 0.244 e. The van der Waals surface area contributed by atoms with Gasteiger partial charge in [-0.2, -0.15) is 4.39 Å². The quantitative estimate of drug-likeness (QED) is 0.777. The topological polar surface area (TPSA) is 73.1 Å². The highest BCUT2D eigenvalue weighted by atomic mass is 19.1. The summed E-state index contributed by atoms with van der Waals surface area (Å²) in [4.78, 5) is 11.4. The van der Waals surface area contributed by atoms with Gasteiger partial charge in [0.25, 0.3) is 0 Å². The van der Waals surface area contributed by atoms with E-state index in [0.29, 0.717) is 5.65 Å². The number of fused-ring (bicyclic) bond motifs is 1. The fourth-order valence-corrected chi connectivity index (χ4v) is 2.06. The number of aromatic nitrogens is 4. The van der Waals surface area contributed by atoms with Crippen molar-refractivity contribution in [3.63, 3.8) is 0 Å². The van der Waals surface area contributed by atoms with Gasteiger partial charge < -0.3 is 9.84 Å². The van der Waals surface area contributed by atoms with E-state index in [1.165, 1.54) is 6.33 Å². The van der Waals surface area contributed by atoms with Gasteiger partial charge in [0.1, 0.15) is 12.6 Å². The Hall–Kier alpha value is -1.60. The van der Waals surface area contributed by atoms with Gasteiger partial charge in [0, 0.05) is 0 Å². The van der Waals surface area contributed by atoms with Crippen LogP contribution < -0.4 is 0 Å². The van der Waals surface area contributed by atoms with E-state index in [9.17, 15) is 4.39 Å². The fraction of sp³-hybridized carbons (Fsp3) is 0.500. The van der Waals surface area contributed by atoms with Crippen molar-refractivity contribution in [2.45, 2.75) is 25.2 Å². The van der Waals surface area contributed by atoms with Crippen molar-refractivity contribution >= 4 is 11.2 Å². The first kappa shape index (κ1) is 10.5. The fourth-order valence-electron chi connectivity index (χ4n) is 2.06. The van der Waals surface area contributed by atoms with Crippen molar-refractivity contribution in [2.75, 3.05) is 6.61 Å². The number of halogens is 1. The maximum atomic E-state index is 13.3. The van der Waals surface area contributed by atoms with Crippen LogP contribution in [-0.4, -0.2) is 37.3 Å². The van der Waals surface area contributed by atoms with Crippen molar-refractivity contribution in [3.8, 4) is 0 Å². The third-order valence-electron chi connectivity index (χ3n) is 2.91. The molecule has 0 bridgehead atoms. The average molecular weight is 238 g/mol. The molecule has 6 nitrogen and oxygen atoms in total. The molecule has 0 aromatic carbocycles. The highest BCUT2D eigenvalue weighted by molar-refractivity contribution is 5.69. The van der Waals surface area contributed by atoms with Crippen LogP contribution in [0.1, 0.15) is 19.1 Å². The molecule has 1 aliphatic heterocycles. The van der Waals surface area contributed by atoms with E-state index >= 15 is 0 Å². The van der Waals surface area contributed by atoms with Crippen LogP contribution in [0.3, 0.4) is 0 Å². The van der Waals surface area contributed by atoms with Crippen LogP contribution in [0.2, 0.25) is 0 Å². The molecule has 1 fully saturated rings. The van der Waals surface area contributed by atoms with Gasteiger partial charge in [-0.25, -0.2) is 15.0 Å². The number of aliphatic hydroxyl groups is 1. The Morgan fingerprint density at radius 2 is 2.29 bits per heavy atom. The number of ether oxygens (including phenoxy) is 1. The average Bonchev–Trinajstić information content (AvgIpc) is 2.94. The molecular formula is C10H11FN4O2. The minimum Gasteiger partial charge on any atom is -0.394 e. The summed E-state index contributed by atoms with van der Waals surface area (Å²) in [6.07, 6.45) is 3.77. The Labute approximate surface area is 96.1 Å². The second-order valence-electron chi connectivity index (χ2n) is 3.96. The molecule has 2 aromatic rings. The predicted molar refractivity (Wildman–Crippen MR) is 55.5 cm³/mol. The van der Waals surface area contributed by atoms with E-state index in [0.717, 1.165) is 19.2 Å². The molecule has 0 unspecified atom stereocenters. The van der Waals surface area contributed by atoms with Crippen LogP contribution >= 0.6 is 0 Å². The van der Waals surface area contributed by atoms with Gasteiger partial charge in [0.2, 0.25) is 5.95 Å². The van der Waals surface area contributed by atoms with Crippen LogP contribution in [0.4, 0.5) is 4.39 Å². The highest BCUT2D eigenvalue weighted by Gasteiger charge is 2.27. The number of rotatable bonds is 2. The van der Waals surface area contributed by atoms with E-state index < -0.39 is 5.95 Å². The SMILES string of the molecule is OC[C@@H]1CC[C@@H](n2cnc3c(F)ncnc32)O1. The Balaban J connectivity index is 1.99. The molecule has 0 radical (unpaired) electrons. The standard InChI is InChI=1S/C10H11FN4O2/c11-9-8-10(13-4-12-9)15(5-14-8)7-2-1-6(3-16)17-7/h4-7,16H,1-3H2/t6-,7-/m0/s1. The summed E-state index contributed by atoms with van der Waals surface area (Å²) in [7, 11) is 0. The van der Waals surface area contributed by atoms with Gasteiger partial charge in [0.05, 0.1) is 19.0 Å². The van der Waals surface area contributed by atoms with Crippen molar-refractivity contribution in [1.82, 2.24) is 19.5 Å². The summed E-state index contributed by atoms with van der Waals surface area (Å²) in [5.41, 5.74) is 0.560. The van der Waals surface area contributed by atoms with E-state index in [1.54, 1.807) is 4.57 Å². The molecule has 90 valence electrons. The Kier molecular flexibility index (Phi) is 2.49. The molecule has 2 aromatic heterocycles. The molecule has 1 aliphatic rings. The summed E-state index contributed by atoms with van der Waals surface area (Å²) in [6, 6.07) is 0. The number of aliphatic hydroxyl groups excluding tert-OH is 1. The molecule has 7 heteroatoms. The highest BCUT2D eigenvalue weighted by Crippen LogP contribution is 2.30. The second kappa shape index (κ2) is 4.01. The normalized spacial score (nSPS) is 24.6. The third kappa shape index (κ3) is 1.67. The molecule has 1 N–H and O–H groups in total. The van der Waals surface area contributed by atoms with Gasteiger partial charge in [-0.15, -0.1) is 0 Å². The summed E-state index contributed by atoms with van der Waals surface area (Å²) in [6.45, 7) is -0.00747. The molecule has 0 saturated carbocycles. The number of nitrogens with zero attached hydrogens (tertiary/aromatic N) is 4. The molecule has 0 spiro atoms. The van der Waals surface area contributed by atoms with Crippen molar-refractivity contribution in [1.29, 1.82) is 0 Å². The molecule has 0 aliphatic carbocycles. The molecule has 0 amide bonds. The van der Waals surface area contributed by atoms with Crippen LogP contribution in [-0.2, 0) is 4.74 Å². The second-order valence-corrected chi connectivity index (χ2v) is 3.96. The van der Waals surface area contributed by atoms with Crippen molar-refractivity contribution < 1.29 is 14.2 Å². The lowest BCUT2D eigenvalue weighted by Gasteiger charge is -2.13. The number of hydrogen-bond donors (Lipinski definition) is 1. The summed E-state index contributed by atoms with van der Waals surface area (Å²) < 4.78 is 20.6.